The molecule has 0 aliphatic carbocycles. The SMILES string of the molecule is CC(=O)n1cc(-c2nc(Cl)cn3nccc23)cn1. The number of nitrogens with zero attached hydrogens (tertiary/aromatic N) is 5. The fraction of sp³-hybridized carbons (Fsp3) is 0.0909. The van der Waals surface area contributed by atoms with Crippen LogP contribution in [0.4, 0.5) is 0 Å². The van der Waals surface area contributed by atoms with E-state index in [4.69, 9.17) is 11.6 Å². The van der Waals surface area contributed by atoms with Crippen molar-refractivity contribution in [2.45, 2.75) is 6.92 Å². The standard InChI is InChI=1S/C11H8ClN5O/c1-7(18)16-5-8(4-14-16)11-9-2-3-13-17(9)6-10(12)15-11/h2-6H,1H3. The molecule has 18 heavy (non-hydrogen) atoms. The van der Waals surface area contributed by atoms with Crippen molar-refractivity contribution in [2.75, 3.05) is 0 Å². The first-order valence-electron chi connectivity index (χ1n) is 5.21. The maximum atomic E-state index is 11.2. The average Bonchev–Trinajstić information content (AvgIpc) is 2.95. The maximum Gasteiger partial charge on any atom is 0.243 e. The highest BCUT2D eigenvalue weighted by Gasteiger charge is 2.11. The molecule has 6 nitrogen and oxygen atoms in total. The lowest BCUT2D eigenvalue weighted by Gasteiger charge is -2.01. The summed E-state index contributed by atoms with van der Waals surface area (Å²) in [4.78, 5) is 15.5. The summed E-state index contributed by atoms with van der Waals surface area (Å²) in [6.07, 6.45) is 6.48. The minimum atomic E-state index is -0.159. The van der Waals surface area contributed by atoms with Gasteiger partial charge < -0.3 is 0 Å². The van der Waals surface area contributed by atoms with Crippen LogP contribution in [0.25, 0.3) is 16.8 Å². The molecule has 3 aromatic heterocycles. The molecule has 0 aliphatic heterocycles. The molecule has 0 bridgehead atoms. The second-order valence-corrected chi connectivity index (χ2v) is 4.15. The van der Waals surface area contributed by atoms with Crippen LogP contribution in [0.5, 0.6) is 0 Å². The second-order valence-electron chi connectivity index (χ2n) is 3.77. The number of aromatic nitrogens is 5. The van der Waals surface area contributed by atoms with Crippen molar-refractivity contribution in [1.29, 1.82) is 0 Å². The summed E-state index contributed by atoms with van der Waals surface area (Å²) in [5.74, 6) is -0.159. The van der Waals surface area contributed by atoms with E-state index in [2.05, 4.69) is 15.2 Å². The molecule has 0 spiro atoms. The van der Waals surface area contributed by atoms with Gasteiger partial charge >= 0.3 is 0 Å². The molecule has 0 fully saturated rings. The highest BCUT2D eigenvalue weighted by Crippen LogP contribution is 2.23. The first-order valence-corrected chi connectivity index (χ1v) is 5.59. The van der Waals surface area contributed by atoms with Gasteiger partial charge in [0, 0.05) is 18.7 Å². The van der Waals surface area contributed by atoms with Crippen LogP contribution in [0.3, 0.4) is 0 Å². The van der Waals surface area contributed by atoms with Gasteiger partial charge in [0.2, 0.25) is 5.91 Å². The Balaban J connectivity index is 2.23. The topological polar surface area (TPSA) is 65.1 Å². The quantitative estimate of drug-likeness (QED) is 0.671. The molecule has 3 aromatic rings. The number of halogens is 1. The Labute approximate surface area is 107 Å². The third kappa shape index (κ3) is 1.67. The Bertz CT molecular complexity index is 745. The number of rotatable bonds is 1. The third-order valence-electron chi connectivity index (χ3n) is 2.54. The zero-order valence-corrected chi connectivity index (χ0v) is 10.2. The molecular formula is C11H8ClN5O. The molecule has 0 N–H and O–H groups in total. The predicted octanol–water partition coefficient (Wildman–Crippen LogP) is 1.91. The molecule has 0 aromatic carbocycles. The molecule has 0 saturated heterocycles. The van der Waals surface area contributed by atoms with Crippen LogP contribution in [0, 0.1) is 0 Å². The highest BCUT2D eigenvalue weighted by molar-refractivity contribution is 6.29. The van der Waals surface area contributed by atoms with Gasteiger partial charge in [0.25, 0.3) is 0 Å². The Kier molecular flexibility index (Phi) is 2.38. The van der Waals surface area contributed by atoms with Gasteiger partial charge in [-0.2, -0.15) is 10.2 Å². The fourth-order valence-electron chi connectivity index (χ4n) is 1.73. The smallest absolute Gasteiger partial charge is 0.243 e. The van der Waals surface area contributed by atoms with E-state index >= 15 is 0 Å². The molecule has 90 valence electrons. The van der Waals surface area contributed by atoms with E-state index in [1.165, 1.54) is 11.6 Å². The monoisotopic (exact) mass is 261 g/mol. The maximum absolute atomic E-state index is 11.2. The van der Waals surface area contributed by atoms with Crippen LogP contribution >= 0.6 is 11.6 Å². The molecule has 0 aliphatic rings. The first-order chi connectivity index (χ1) is 8.65. The summed E-state index contributed by atoms with van der Waals surface area (Å²) in [6, 6.07) is 1.82. The summed E-state index contributed by atoms with van der Waals surface area (Å²) >= 11 is 5.93. The lowest BCUT2D eigenvalue weighted by Crippen LogP contribution is -2.04. The normalized spacial score (nSPS) is 11.0. The van der Waals surface area contributed by atoms with Crippen molar-refractivity contribution in [3.05, 3.63) is 36.0 Å². The number of fused-ring (bicyclic) bond motifs is 1. The van der Waals surface area contributed by atoms with Crippen LogP contribution in [0.15, 0.2) is 30.9 Å². The van der Waals surface area contributed by atoms with Gasteiger partial charge in [0.15, 0.2) is 0 Å². The number of carbonyl (C=O) groups excluding carboxylic acids is 1. The fourth-order valence-corrected chi connectivity index (χ4v) is 1.91. The summed E-state index contributed by atoms with van der Waals surface area (Å²) < 4.78 is 2.89. The van der Waals surface area contributed by atoms with Gasteiger partial charge in [-0.3, -0.25) is 4.79 Å². The van der Waals surface area contributed by atoms with Crippen molar-refractivity contribution < 1.29 is 4.79 Å². The Morgan fingerprint density at radius 3 is 2.89 bits per heavy atom. The summed E-state index contributed by atoms with van der Waals surface area (Å²) in [5.41, 5.74) is 2.17. The molecule has 0 atom stereocenters. The summed E-state index contributed by atoms with van der Waals surface area (Å²) in [6.45, 7) is 1.44. The second kappa shape index (κ2) is 3.92. The van der Waals surface area contributed by atoms with Crippen LogP contribution in [0.1, 0.15) is 11.7 Å². The van der Waals surface area contributed by atoms with Crippen LogP contribution < -0.4 is 0 Å². The van der Waals surface area contributed by atoms with Crippen LogP contribution in [-0.4, -0.2) is 30.3 Å². The minimum Gasteiger partial charge on any atom is -0.273 e. The van der Waals surface area contributed by atoms with Gasteiger partial charge in [-0.1, -0.05) is 11.6 Å². The summed E-state index contributed by atoms with van der Waals surface area (Å²) in [5, 5.41) is 8.40. The minimum absolute atomic E-state index is 0.159. The predicted molar refractivity (Wildman–Crippen MR) is 65.5 cm³/mol. The van der Waals surface area contributed by atoms with E-state index in [1.54, 1.807) is 29.3 Å². The van der Waals surface area contributed by atoms with Crippen molar-refractivity contribution in [3.63, 3.8) is 0 Å². The average molecular weight is 262 g/mol. The molecule has 7 heteroatoms. The number of carbonyl (C=O) groups is 1. The third-order valence-corrected chi connectivity index (χ3v) is 2.72. The molecule has 0 radical (unpaired) electrons. The van der Waals surface area contributed by atoms with E-state index in [9.17, 15) is 4.79 Å². The van der Waals surface area contributed by atoms with E-state index in [0.717, 1.165) is 11.1 Å². The summed E-state index contributed by atoms with van der Waals surface area (Å²) in [7, 11) is 0. The van der Waals surface area contributed by atoms with Crippen molar-refractivity contribution in [3.8, 4) is 11.3 Å². The largest absolute Gasteiger partial charge is 0.273 e. The highest BCUT2D eigenvalue weighted by atomic mass is 35.5. The Morgan fingerprint density at radius 1 is 1.33 bits per heavy atom. The number of hydrogen-bond acceptors (Lipinski definition) is 4. The van der Waals surface area contributed by atoms with Gasteiger partial charge in [-0.25, -0.2) is 14.2 Å². The van der Waals surface area contributed by atoms with E-state index in [0.29, 0.717) is 10.8 Å². The van der Waals surface area contributed by atoms with Gasteiger partial charge in [-0.15, -0.1) is 0 Å². The first kappa shape index (κ1) is 10.9. The van der Waals surface area contributed by atoms with Crippen LogP contribution in [0.2, 0.25) is 5.15 Å². The Hall–Kier alpha value is -2.21. The zero-order chi connectivity index (χ0) is 12.7. The van der Waals surface area contributed by atoms with E-state index in [1.807, 2.05) is 6.07 Å². The number of hydrogen-bond donors (Lipinski definition) is 0. The zero-order valence-electron chi connectivity index (χ0n) is 9.41. The molecule has 0 amide bonds. The Morgan fingerprint density at radius 2 is 2.17 bits per heavy atom. The van der Waals surface area contributed by atoms with Crippen molar-refractivity contribution >= 4 is 23.0 Å². The molecule has 0 saturated carbocycles. The van der Waals surface area contributed by atoms with Crippen molar-refractivity contribution in [2.24, 2.45) is 0 Å². The molecule has 3 heterocycles. The van der Waals surface area contributed by atoms with E-state index < -0.39 is 0 Å². The molecule has 3 rings (SSSR count). The molecular weight excluding hydrogens is 254 g/mol. The lowest BCUT2D eigenvalue weighted by molar-refractivity contribution is 0.0921. The van der Waals surface area contributed by atoms with Crippen LogP contribution in [-0.2, 0) is 0 Å². The van der Waals surface area contributed by atoms with Gasteiger partial charge in [0.1, 0.15) is 10.8 Å². The van der Waals surface area contributed by atoms with Gasteiger partial charge in [0.05, 0.1) is 24.1 Å². The van der Waals surface area contributed by atoms with Crippen molar-refractivity contribution in [1.82, 2.24) is 24.4 Å². The van der Waals surface area contributed by atoms with Gasteiger partial charge in [-0.05, 0) is 6.07 Å². The van der Waals surface area contributed by atoms with E-state index in [-0.39, 0.29) is 5.91 Å². The molecule has 0 unspecified atom stereocenters. The lowest BCUT2D eigenvalue weighted by atomic mass is 10.2.